The highest BCUT2D eigenvalue weighted by Crippen LogP contribution is 2.30. The average molecular weight is 338 g/mol. The van der Waals surface area contributed by atoms with Gasteiger partial charge in [0, 0.05) is 7.05 Å². The van der Waals surface area contributed by atoms with Crippen molar-refractivity contribution < 1.29 is 32.0 Å². The third-order valence-corrected chi connectivity index (χ3v) is 4.31. The molecule has 1 N–H and O–H groups in total. The Morgan fingerprint density at radius 3 is 2.76 bits per heavy atom. The van der Waals surface area contributed by atoms with E-state index in [1.165, 1.54) is 32.4 Å². The standard InChI is InChI=1S/C10H14N2O7S2/c1-11-12-9-7-8(3-4-10(9)16-2)21(14,15)6-5-17-20-19-18-13/h3-4,7,13H,5-6H2,1-2H3. The van der Waals surface area contributed by atoms with Gasteiger partial charge in [-0.3, -0.25) is 4.18 Å². The van der Waals surface area contributed by atoms with Crippen molar-refractivity contribution in [2.75, 3.05) is 26.5 Å². The van der Waals surface area contributed by atoms with Crippen LogP contribution in [0.2, 0.25) is 0 Å². The monoisotopic (exact) mass is 338 g/mol. The first-order valence-corrected chi connectivity index (χ1v) is 7.84. The van der Waals surface area contributed by atoms with E-state index in [-0.39, 0.29) is 17.3 Å². The maximum Gasteiger partial charge on any atom is 0.197 e. The van der Waals surface area contributed by atoms with E-state index in [9.17, 15) is 8.42 Å². The van der Waals surface area contributed by atoms with Crippen LogP contribution in [0.5, 0.6) is 5.75 Å². The summed E-state index contributed by atoms with van der Waals surface area (Å²) in [5.41, 5.74) is 0.313. The molecule has 118 valence electrons. The first kappa shape index (κ1) is 17.8. The number of sulfone groups is 1. The largest absolute Gasteiger partial charge is 0.494 e. The second-order valence-electron chi connectivity index (χ2n) is 3.49. The van der Waals surface area contributed by atoms with E-state index in [4.69, 9.17) is 14.2 Å². The maximum absolute atomic E-state index is 12.1. The molecule has 0 unspecified atom stereocenters. The van der Waals surface area contributed by atoms with Crippen LogP contribution in [0.15, 0.2) is 33.3 Å². The second kappa shape index (κ2) is 8.92. The molecule has 21 heavy (non-hydrogen) atoms. The Morgan fingerprint density at radius 1 is 1.38 bits per heavy atom. The molecule has 0 aliphatic carbocycles. The van der Waals surface area contributed by atoms with Crippen LogP contribution in [0.1, 0.15) is 0 Å². The smallest absolute Gasteiger partial charge is 0.197 e. The third-order valence-electron chi connectivity index (χ3n) is 2.26. The minimum absolute atomic E-state index is 0.0682. The van der Waals surface area contributed by atoms with Gasteiger partial charge in [-0.15, -0.1) is 4.33 Å². The highest BCUT2D eigenvalue weighted by atomic mass is 32.2. The molecule has 0 bridgehead atoms. The highest BCUT2D eigenvalue weighted by molar-refractivity contribution is 7.91. The normalized spacial score (nSPS) is 12.0. The molecular formula is C10H14N2O7S2. The fraction of sp³-hybridized carbons (Fsp3) is 0.400. The van der Waals surface area contributed by atoms with Crippen molar-refractivity contribution in [3.05, 3.63) is 18.2 Å². The number of hydrogen-bond acceptors (Lipinski definition) is 10. The SMILES string of the molecule is CN=Nc1cc(S(=O)(=O)CCOSOOO)ccc1OC. The Morgan fingerprint density at radius 2 is 2.14 bits per heavy atom. The molecule has 11 heteroatoms. The van der Waals surface area contributed by atoms with E-state index in [1.807, 2.05) is 0 Å². The van der Waals surface area contributed by atoms with Crippen LogP contribution in [-0.4, -0.2) is 40.2 Å². The summed E-state index contributed by atoms with van der Waals surface area (Å²) in [6.07, 6.45) is 0. The second-order valence-corrected chi connectivity index (χ2v) is 6.10. The Bertz CT molecular complexity index is 577. The zero-order valence-corrected chi connectivity index (χ0v) is 12.9. The topological polar surface area (TPSA) is 116 Å². The van der Waals surface area contributed by atoms with Gasteiger partial charge in [0.05, 0.1) is 24.4 Å². The van der Waals surface area contributed by atoms with Crippen molar-refractivity contribution in [1.82, 2.24) is 0 Å². The summed E-state index contributed by atoms with van der Waals surface area (Å²) in [5.74, 6) is 0.129. The molecule has 0 aliphatic rings. The minimum atomic E-state index is -3.57. The number of hydrogen-bond donors (Lipinski definition) is 1. The van der Waals surface area contributed by atoms with Crippen molar-refractivity contribution in [3.8, 4) is 5.75 Å². The van der Waals surface area contributed by atoms with Crippen LogP contribution >= 0.6 is 12.3 Å². The lowest BCUT2D eigenvalue weighted by Gasteiger charge is -2.07. The molecule has 0 radical (unpaired) electrons. The summed E-state index contributed by atoms with van der Waals surface area (Å²) in [5, 5.41) is 18.5. The van der Waals surface area contributed by atoms with Gasteiger partial charge in [-0.2, -0.15) is 10.2 Å². The van der Waals surface area contributed by atoms with Gasteiger partial charge in [-0.05, 0) is 18.2 Å². The third kappa shape index (κ3) is 5.57. The summed E-state index contributed by atoms with van der Waals surface area (Å²) in [4.78, 5) is 0.0682. The van der Waals surface area contributed by atoms with Gasteiger partial charge >= 0.3 is 0 Å². The number of ether oxygens (including phenoxy) is 1. The number of methoxy groups -OCH3 is 1. The summed E-state index contributed by atoms with van der Waals surface area (Å²) < 4.78 is 37.9. The lowest BCUT2D eigenvalue weighted by Crippen LogP contribution is -2.11. The van der Waals surface area contributed by atoms with Crippen LogP contribution in [0.25, 0.3) is 0 Å². The molecule has 0 fully saturated rings. The van der Waals surface area contributed by atoms with E-state index in [0.29, 0.717) is 23.8 Å². The predicted molar refractivity (Wildman–Crippen MR) is 73.8 cm³/mol. The van der Waals surface area contributed by atoms with Crippen molar-refractivity contribution >= 4 is 27.8 Å². The predicted octanol–water partition coefficient (Wildman–Crippen LogP) is 2.18. The maximum atomic E-state index is 12.1. The summed E-state index contributed by atoms with van der Waals surface area (Å²) in [6, 6.07) is 4.26. The quantitative estimate of drug-likeness (QED) is 0.239. The molecule has 0 spiro atoms. The molecule has 1 rings (SSSR count). The molecule has 0 aromatic heterocycles. The van der Waals surface area contributed by atoms with Crippen molar-refractivity contribution in [3.63, 3.8) is 0 Å². The van der Waals surface area contributed by atoms with Gasteiger partial charge in [0.25, 0.3) is 0 Å². The fourth-order valence-corrected chi connectivity index (χ4v) is 2.80. The van der Waals surface area contributed by atoms with Crippen molar-refractivity contribution in [2.24, 2.45) is 10.2 Å². The summed E-state index contributed by atoms with van der Waals surface area (Å²) in [7, 11) is -0.650. The summed E-state index contributed by atoms with van der Waals surface area (Å²) >= 11 is 0.316. The van der Waals surface area contributed by atoms with Crippen LogP contribution in [-0.2, 0) is 23.4 Å². The molecule has 9 nitrogen and oxygen atoms in total. The Balaban J connectivity index is 2.81. The minimum Gasteiger partial charge on any atom is -0.494 e. The van der Waals surface area contributed by atoms with Crippen LogP contribution in [0.3, 0.4) is 0 Å². The molecular weight excluding hydrogens is 324 g/mol. The number of benzene rings is 1. The van der Waals surface area contributed by atoms with Gasteiger partial charge in [0.1, 0.15) is 11.4 Å². The first-order chi connectivity index (χ1) is 10.0. The van der Waals surface area contributed by atoms with Crippen molar-refractivity contribution in [1.29, 1.82) is 0 Å². The molecule has 1 aromatic rings. The zero-order chi connectivity index (χ0) is 15.7. The molecule has 0 heterocycles. The molecule has 0 atom stereocenters. The fourth-order valence-electron chi connectivity index (χ4n) is 1.38. The number of nitrogens with zero attached hydrogens (tertiary/aromatic N) is 2. The molecule has 0 saturated carbocycles. The Hall–Kier alpha value is -1.24. The van der Waals surface area contributed by atoms with Gasteiger partial charge in [-0.1, -0.05) is 5.04 Å². The van der Waals surface area contributed by atoms with Crippen LogP contribution in [0, 0.1) is 0 Å². The molecule has 0 aliphatic heterocycles. The van der Waals surface area contributed by atoms with E-state index >= 15 is 0 Å². The lowest BCUT2D eigenvalue weighted by molar-refractivity contribution is -0.434. The average Bonchev–Trinajstić information content (AvgIpc) is 2.47. The summed E-state index contributed by atoms with van der Waals surface area (Å²) in [6.45, 7) is -0.160. The number of azo groups is 1. The molecule has 0 saturated heterocycles. The molecule has 1 aromatic carbocycles. The van der Waals surface area contributed by atoms with Crippen molar-refractivity contribution in [2.45, 2.75) is 4.90 Å². The van der Waals surface area contributed by atoms with Crippen LogP contribution in [0.4, 0.5) is 5.69 Å². The van der Waals surface area contributed by atoms with E-state index < -0.39 is 9.84 Å². The zero-order valence-electron chi connectivity index (χ0n) is 11.3. The van der Waals surface area contributed by atoms with Gasteiger partial charge < -0.3 is 4.74 Å². The number of rotatable bonds is 9. The van der Waals surface area contributed by atoms with Crippen LogP contribution < -0.4 is 4.74 Å². The van der Waals surface area contributed by atoms with E-state index in [2.05, 4.69) is 19.6 Å². The Kier molecular flexibility index (Phi) is 7.56. The van der Waals surface area contributed by atoms with Gasteiger partial charge in [0.15, 0.2) is 22.2 Å². The van der Waals surface area contributed by atoms with Gasteiger partial charge in [0.2, 0.25) is 0 Å². The lowest BCUT2D eigenvalue weighted by atomic mass is 10.3. The van der Waals surface area contributed by atoms with Gasteiger partial charge in [-0.25, -0.2) is 13.7 Å². The highest BCUT2D eigenvalue weighted by Gasteiger charge is 2.17. The Labute approximate surface area is 126 Å². The van der Waals surface area contributed by atoms with E-state index in [1.54, 1.807) is 0 Å². The van der Waals surface area contributed by atoms with E-state index in [0.717, 1.165) is 0 Å². The first-order valence-electron chi connectivity index (χ1n) is 5.52. The molecule has 0 amide bonds.